The summed E-state index contributed by atoms with van der Waals surface area (Å²) in [6.45, 7) is -3.67. The topological polar surface area (TPSA) is 39.4 Å². The van der Waals surface area contributed by atoms with Crippen LogP contribution in [-0.2, 0) is 0 Å². The van der Waals surface area contributed by atoms with Gasteiger partial charge >= 0.3 is 12.3 Å². The van der Waals surface area contributed by atoms with Crippen molar-refractivity contribution in [3.05, 3.63) is 95.3 Å². The van der Waals surface area contributed by atoms with E-state index in [-0.39, 0.29) is 0 Å². The van der Waals surface area contributed by atoms with Gasteiger partial charge in [0.25, 0.3) is 0 Å². The molecule has 4 rings (SSSR count). The summed E-state index contributed by atoms with van der Waals surface area (Å²) in [5.74, 6) is 0.518. The van der Waals surface area contributed by atoms with Crippen LogP contribution in [0.15, 0.2) is 99.0 Å². The highest BCUT2D eigenvalue weighted by molar-refractivity contribution is 7.80. The lowest BCUT2D eigenvalue weighted by molar-refractivity contribution is 0.00819. The van der Waals surface area contributed by atoms with Crippen molar-refractivity contribution in [2.75, 3.05) is 7.11 Å². The van der Waals surface area contributed by atoms with Crippen LogP contribution >= 0.6 is 12.6 Å². The van der Waals surface area contributed by atoms with Crippen LogP contribution in [0.3, 0.4) is 0 Å². The number of rotatable bonds is 2. The molecule has 0 aliphatic rings. The van der Waals surface area contributed by atoms with Gasteiger partial charge in [0.05, 0.1) is 18.6 Å². The molecular weight excluding hydrogens is 413 g/mol. The number of ether oxygens (including phenoxy) is 1. The highest BCUT2D eigenvalue weighted by Crippen LogP contribution is 2.25. The van der Waals surface area contributed by atoms with Gasteiger partial charge < -0.3 is 9.15 Å². The SMILES string of the molecule is COc1cc(=O)oc2cc(S)ccc12.FC(F)F.c1ccc(-c2ccccc2)cc1. The second-order valence-electron chi connectivity index (χ2n) is 5.79. The Hall–Kier alpha value is -3.19. The summed E-state index contributed by atoms with van der Waals surface area (Å²) in [4.78, 5) is 11.8. The molecule has 30 heavy (non-hydrogen) atoms. The van der Waals surface area contributed by atoms with Crippen LogP contribution in [0, 0.1) is 0 Å². The van der Waals surface area contributed by atoms with Crippen LogP contribution in [0.1, 0.15) is 0 Å². The second kappa shape index (κ2) is 11.7. The van der Waals surface area contributed by atoms with Gasteiger partial charge in [-0.2, -0.15) is 13.2 Å². The average Bonchev–Trinajstić information content (AvgIpc) is 2.74. The third-order valence-corrected chi connectivity index (χ3v) is 4.07. The molecule has 0 bridgehead atoms. The van der Waals surface area contributed by atoms with E-state index < -0.39 is 12.3 Å². The summed E-state index contributed by atoms with van der Waals surface area (Å²) < 4.78 is 39.1. The maximum absolute atomic E-state index is 11.1. The fourth-order valence-corrected chi connectivity index (χ4v) is 2.74. The van der Waals surface area contributed by atoms with Crippen molar-refractivity contribution < 1.29 is 22.3 Å². The molecule has 0 atom stereocenters. The molecule has 0 saturated heterocycles. The minimum atomic E-state index is -3.67. The number of methoxy groups -OCH3 is 1. The number of benzene rings is 3. The molecule has 0 amide bonds. The fourth-order valence-electron chi connectivity index (χ4n) is 2.55. The van der Waals surface area contributed by atoms with Gasteiger partial charge in [-0.25, -0.2) is 4.79 Å². The van der Waals surface area contributed by atoms with Crippen molar-refractivity contribution in [2.45, 2.75) is 11.6 Å². The van der Waals surface area contributed by atoms with Crippen LogP contribution in [0.2, 0.25) is 0 Å². The van der Waals surface area contributed by atoms with E-state index in [1.807, 2.05) is 18.2 Å². The molecule has 0 N–H and O–H groups in total. The van der Waals surface area contributed by atoms with Crippen LogP contribution in [-0.4, -0.2) is 13.8 Å². The average molecular weight is 432 g/mol. The summed E-state index contributed by atoms with van der Waals surface area (Å²) >= 11 is 4.16. The second-order valence-corrected chi connectivity index (χ2v) is 6.31. The lowest BCUT2D eigenvalue weighted by Gasteiger charge is -2.03. The van der Waals surface area contributed by atoms with Gasteiger partial charge in [-0.05, 0) is 29.3 Å². The van der Waals surface area contributed by atoms with Crippen LogP contribution < -0.4 is 10.4 Å². The van der Waals surface area contributed by atoms with Crippen molar-refractivity contribution in [2.24, 2.45) is 0 Å². The number of halogens is 3. The third-order valence-electron chi connectivity index (χ3n) is 3.79. The highest BCUT2D eigenvalue weighted by atomic mass is 32.1. The molecule has 0 saturated carbocycles. The highest BCUT2D eigenvalue weighted by Gasteiger charge is 2.05. The Labute approximate surface area is 177 Å². The first-order valence-electron chi connectivity index (χ1n) is 8.74. The molecule has 3 aromatic carbocycles. The molecule has 0 aliphatic heterocycles. The first-order valence-corrected chi connectivity index (χ1v) is 9.19. The smallest absolute Gasteiger partial charge is 0.379 e. The molecule has 4 aromatic rings. The van der Waals surface area contributed by atoms with E-state index >= 15 is 0 Å². The Morgan fingerprint density at radius 1 is 0.833 bits per heavy atom. The van der Waals surface area contributed by atoms with Gasteiger partial charge in [0.2, 0.25) is 0 Å². The van der Waals surface area contributed by atoms with Crippen LogP contribution in [0.4, 0.5) is 13.2 Å². The van der Waals surface area contributed by atoms with Gasteiger partial charge in [-0.3, -0.25) is 0 Å². The largest absolute Gasteiger partial charge is 0.496 e. The molecule has 0 unspecified atom stereocenters. The quantitative estimate of drug-likeness (QED) is 0.286. The Morgan fingerprint density at radius 2 is 1.33 bits per heavy atom. The monoisotopic (exact) mass is 432 g/mol. The lowest BCUT2D eigenvalue weighted by Crippen LogP contribution is -1.98. The lowest BCUT2D eigenvalue weighted by atomic mass is 10.1. The number of thiol groups is 1. The van der Waals surface area contributed by atoms with Gasteiger partial charge in [0, 0.05) is 4.90 Å². The normalized spacial score (nSPS) is 9.93. The van der Waals surface area contributed by atoms with Crippen molar-refractivity contribution >= 4 is 23.6 Å². The molecule has 156 valence electrons. The van der Waals surface area contributed by atoms with E-state index in [1.165, 1.54) is 24.3 Å². The molecule has 0 fully saturated rings. The predicted octanol–water partition coefficient (Wildman–Crippen LogP) is 6.62. The molecule has 1 aromatic heterocycles. The van der Waals surface area contributed by atoms with E-state index in [0.29, 0.717) is 11.3 Å². The molecular formula is C23H19F3O3S. The number of hydrogen-bond acceptors (Lipinski definition) is 4. The minimum absolute atomic E-state index is 0.423. The third kappa shape index (κ3) is 7.33. The van der Waals surface area contributed by atoms with Gasteiger partial charge in [0.1, 0.15) is 11.3 Å². The molecule has 7 heteroatoms. The Kier molecular flexibility index (Phi) is 9.03. The number of hydrogen-bond donors (Lipinski definition) is 1. The summed E-state index contributed by atoms with van der Waals surface area (Å²) in [6.07, 6.45) is 0. The molecule has 0 aliphatic carbocycles. The maximum atomic E-state index is 11.1. The minimum Gasteiger partial charge on any atom is -0.496 e. The zero-order chi connectivity index (χ0) is 21.9. The molecule has 1 heterocycles. The standard InChI is InChI=1S/C12H10.C10H8O3S.CHF3/c1-3-7-11(8-4-1)12-9-5-2-6-10-12;1-12-8-5-10(11)13-9-4-6(14)2-3-7(8)9;2-1(3)4/h1-10H;2-5,14H,1H3;1H. The van der Waals surface area contributed by atoms with E-state index in [1.54, 1.807) is 12.1 Å². The zero-order valence-electron chi connectivity index (χ0n) is 16.0. The first-order chi connectivity index (χ1) is 14.4. The van der Waals surface area contributed by atoms with E-state index in [0.717, 1.165) is 10.3 Å². The molecule has 3 nitrogen and oxygen atoms in total. The van der Waals surface area contributed by atoms with Crippen molar-refractivity contribution in [1.82, 2.24) is 0 Å². The molecule has 0 radical (unpaired) electrons. The number of fused-ring (bicyclic) bond motifs is 1. The predicted molar refractivity (Wildman–Crippen MR) is 115 cm³/mol. The van der Waals surface area contributed by atoms with E-state index in [4.69, 9.17) is 9.15 Å². The van der Waals surface area contributed by atoms with Gasteiger partial charge in [-0.15, -0.1) is 12.6 Å². The van der Waals surface area contributed by atoms with Crippen LogP contribution in [0.25, 0.3) is 22.1 Å². The van der Waals surface area contributed by atoms with Crippen molar-refractivity contribution in [3.63, 3.8) is 0 Å². The summed E-state index contributed by atoms with van der Waals surface area (Å²) in [5, 5.41) is 0.768. The summed E-state index contributed by atoms with van der Waals surface area (Å²) in [6, 6.07) is 27.4. The summed E-state index contributed by atoms with van der Waals surface area (Å²) in [7, 11) is 1.52. The zero-order valence-corrected chi connectivity index (χ0v) is 16.9. The van der Waals surface area contributed by atoms with E-state index in [2.05, 4.69) is 61.2 Å². The van der Waals surface area contributed by atoms with Gasteiger partial charge in [0.15, 0.2) is 0 Å². The van der Waals surface area contributed by atoms with Crippen LogP contribution in [0.5, 0.6) is 5.75 Å². The Morgan fingerprint density at radius 3 is 1.80 bits per heavy atom. The van der Waals surface area contributed by atoms with Crippen molar-refractivity contribution in [1.29, 1.82) is 0 Å². The molecule has 0 spiro atoms. The maximum Gasteiger partial charge on any atom is 0.379 e. The van der Waals surface area contributed by atoms with E-state index in [9.17, 15) is 18.0 Å². The first kappa shape index (κ1) is 23.1. The summed E-state index contributed by atoms with van der Waals surface area (Å²) in [5.41, 5.74) is 2.62. The Balaban J connectivity index is 0.000000183. The Bertz CT molecular complexity index is 1060. The fraction of sp³-hybridized carbons (Fsp3) is 0.0870. The van der Waals surface area contributed by atoms with Crippen molar-refractivity contribution in [3.8, 4) is 16.9 Å². The number of alkyl halides is 3. The van der Waals surface area contributed by atoms with Gasteiger partial charge in [-0.1, -0.05) is 60.7 Å².